The zero-order valence-corrected chi connectivity index (χ0v) is 20.8. The number of anilines is 1. The second kappa shape index (κ2) is 10.9. The fraction of sp³-hybridized carbons (Fsp3) is 0.296. The number of nitrogens with zero attached hydrogens (tertiary/aromatic N) is 1. The summed E-state index contributed by atoms with van der Waals surface area (Å²) in [6.07, 6.45) is 2.83. The van der Waals surface area contributed by atoms with E-state index in [1.54, 1.807) is 36.4 Å². The summed E-state index contributed by atoms with van der Waals surface area (Å²) in [7, 11) is -3.50. The molecule has 7 nitrogen and oxygen atoms in total. The summed E-state index contributed by atoms with van der Waals surface area (Å²) in [5.74, 6) is 1.64. The lowest BCUT2D eigenvalue weighted by Crippen LogP contribution is -2.35. The van der Waals surface area contributed by atoms with E-state index in [2.05, 4.69) is 11.4 Å². The van der Waals surface area contributed by atoms with Gasteiger partial charge >= 0.3 is 0 Å². The normalized spacial score (nSPS) is 14.3. The third kappa shape index (κ3) is 6.61. The lowest BCUT2D eigenvalue weighted by Gasteiger charge is -2.25. The molecule has 0 aromatic heterocycles. The number of hydrogen-bond donors (Lipinski definition) is 1. The first kappa shape index (κ1) is 24.8. The lowest BCUT2D eigenvalue weighted by atomic mass is 10.1. The van der Waals surface area contributed by atoms with E-state index in [0.717, 1.165) is 36.1 Å². The van der Waals surface area contributed by atoms with Gasteiger partial charge in [0.2, 0.25) is 10.0 Å². The van der Waals surface area contributed by atoms with Crippen molar-refractivity contribution in [1.82, 2.24) is 4.31 Å². The van der Waals surface area contributed by atoms with Crippen LogP contribution in [-0.2, 0) is 14.8 Å². The number of benzene rings is 3. The van der Waals surface area contributed by atoms with Crippen LogP contribution in [0.4, 0.5) is 5.69 Å². The quantitative estimate of drug-likeness (QED) is 0.460. The highest BCUT2D eigenvalue weighted by molar-refractivity contribution is 7.89. The van der Waals surface area contributed by atoms with E-state index in [0.29, 0.717) is 30.3 Å². The molecular weight excluding hydrogens is 464 g/mol. The van der Waals surface area contributed by atoms with Crippen LogP contribution in [-0.4, -0.2) is 38.3 Å². The van der Waals surface area contributed by atoms with Crippen LogP contribution in [0.5, 0.6) is 17.2 Å². The average Bonchev–Trinajstić information content (AvgIpc) is 2.84. The Morgan fingerprint density at radius 2 is 1.43 bits per heavy atom. The number of rotatable bonds is 8. The molecule has 0 radical (unpaired) electrons. The Morgan fingerprint density at radius 3 is 2.06 bits per heavy atom. The van der Waals surface area contributed by atoms with Gasteiger partial charge in [-0.25, -0.2) is 8.42 Å². The van der Waals surface area contributed by atoms with Gasteiger partial charge in [0, 0.05) is 18.8 Å². The van der Waals surface area contributed by atoms with Crippen LogP contribution in [0.2, 0.25) is 0 Å². The minimum Gasteiger partial charge on any atom is -0.484 e. The van der Waals surface area contributed by atoms with Crippen LogP contribution in [0.3, 0.4) is 0 Å². The second-order valence-corrected chi connectivity index (χ2v) is 10.7. The largest absolute Gasteiger partial charge is 0.484 e. The molecule has 0 atom stereocenters. The van der Waals surface area contributed by atoms with E-state index in [1.807, 2.05) is 26.0 Å². The van der Waals surface area contributed by atoms with Gasteiger partial charge < -0.3 is 14.8 Å². The van der Waals surface area contributed by atoms with Gasteiger partial charge in [-0.15, -0.1) is 0 Å². The van der Waals surface area contributed by atoms with Crippen molar-refractivity contribution in [3.63, 3.8) is 0 Å². The Hall–Kier alpha value is -3.36. The number of aryl methyl sites for hydroxylation is 2. The number of carbonyl (C=O) groups excluding carboxylic acids is 1. The van der Waals surface area contributed by atoms with Crippen molar-refractivity contribution in [2.45, 2.75) is 38.0 Å². The molecule has 35 heavy (non-hydrogen) atoms. The summed E-state index contributed by atoms with van der Waals surface area (Å²) in [6.45, 7) is 4.97. The molecular formula is C27H30N2O5S. The minimum absolute atomic E-state index is 0.175. The fourth-order valence-electron chi connectivity index (χ4n) is 4.04. The average molecular weight is 495 g/mol. The van der Waals surface area contributed by atoms with E-state index in [4.69, 9.17) is 9.47 Å². The van der Waals surface area contributed by atoms with E-state index in [9.17, 15) is 13.2 Å². The van der Waals surface area contributed by atoms with Crippen molar-refractivity contribution in [1.29, 1.82) is 0 Å². The van der Waals surface area contributed by atoms with E-state index >= 15 is 0 Å². The summed E-state index contributed by atoms with van der Waals surface area (Å²) in [6, 6.07) is 19.3. The van der Waals surface area contributed by atoms with Crippen LogP contribution >= 0.6 is 0 Å². The summed E-state index contributed by atoms with van der Waals surface area (Å²) < 4.78 is 38.5. The van der Waals surface area contributed by atoms with Gasteiger partial charge in [0.05, 0.1) is 4.90 Å². The molecule has 1 heterocycles. The zero-order chi connectivity index (χ0) is 24.8. The maximum Gasteiger partial charge on any atom is 0.262 e. The van der Waals surface area contributed by atoms with Crippen molar-refractivity contribution >= 4 is 21.6 Å². The Balaban J connectivity index is 1.28. The third-order valence-corrected chi connectivity index (χ3v) is 7.63. The van der Waals surface area contributed by atoms with E-state index < -0.39 is 10.0 Å². The molecule has 4 rings (SSSR count). The monoisotopic (exact) mass is 494 g/mol. The second-order valence-electron chi connectivity index (χ2n) is 8.72. The summed E-state index contributed by atoms with van der Waals surface area (Å²) in [4.78, 5) is 12.5. The molecule has 0 aliphatic carbocycles. The Kier molecular flexibility index (Phi) is 7.73. The number of carbonyl (C=O) groups is 1. The predicted octanol–water partition coefficient (Wildman–Crippen LogP) is 5.29. The first-order valence-corrected chi connectivity index (χ1v) is 13.1. The number of ether oxygens (including phenoxy) is 2. The van der Waals surface area contributed by atoms with Crippen LogP contribution in [0, 0.1) is 13.8 Å². The van der Waals surface area contributed by atoms with E-state index in [1.165, 1.54) is 16.4 Å². The highest BCUT2D eigenvalue weighted by Crippen LogP contribution is 2.26. The fourth-order valence-corrected chi connectivity index (χ4v) is 5.56. The van der Waals surface area contributed by atoms with Gasteiger partial charge in [-0.05, 0) is 98.5 Å². The first-order valence-electron chi connectivity index (χ1n) is 11.7. The maximum atomic E-state index is 12.7. The smallest absolute Gasteiger partial charge is 0.262 e. The summed E-state index contributed by atoms with van der Waals surface area (Å²) >= 11 is 0. The number of piperidine rings is 1. The SMILES string of the molecule is Cc1cc(C)cc(Oc2ccc(OCC(=O)Nc3ccc(S(=O)(=O)N4CCCCC4)cc3)cc2)c1. The number of amides is 1. The number of nitrogens with one attached hydrogen (secondary N) is 1. The number of hydrogen-bond acceptors (Lipinski definition) is 5. The van der Waals surface area contributed by atoms with Gasteiger partial charge in [-0.1, -0.05) is 12.5 Å². The molecule has 0 unspecified atom stereocenters. The molecule has 0 bridgehead atoms. The molecule has 1 saturated heterocycles. The van der Waals surface area contributed by atoms with Crippen molar-refractivity contribution in [2.75, 3.05) is 25.0 Å². The zero-order valence-electron chi connectivity index (χ0n) is 20.0. The molecule has 8 heteroatoms. The first-order chi connectivity index (χ1) is 16.8. The molecule has 1 N–H and O–H groups in total. The molecule has 0 saturated carbocycles. The highest BCUT2D eigenvalue weighted by atomic mass is 32.2. The molecule has 3 aromatic carbocycles. The molecule has 1 aliphatic rings. The van der Waals surface area contributed by atoms with Crippen LogP contribution in [0.1, 0.15) is 30.4 Å². The molecule has 3 aromatic rings. The van der Waals surface area contributed by atoms with Gasteiger partial charge in [0.15, 0.2) is 6.61 Å². The van der Waals surface area contributed by atoms with Crippen LogP contribution in [0.15, 0.2) is 71.6 Å². The summed E-state index contributed by atoms with van der Waals surface area (Å²) in [5, 5.41) is 2.73. The standard InChI is InChI=1S/C27H30N2O5S/c1-20-16-21(2)18-25(17-20)34-24-10-8-23(9-11-24)33-19-27(30)28-22-6-12-26(13-7-22)35(31,32)29-14-4-3-5-15-29/h6-13,16-18H,3-5,14-15,19H2,1-2H3,(H,28,30). The van der Waals surface area contributed by atoms with Crippen molar-refractivity contribution < 1.29 is 22.7 Å². The van der Waals surface area contributed by atoms with E-state index in [-0.39, 0.29) is 17.4 Å². The van der Waals surface area contributed by atoms with Gasteiger partial charge in [-0.2, -0.15) is 4.31 Å². The van der Waals surface area contributed by atoms with Gasteiger partial charge in [-0.3, -0.25) is 4.79 Å². The van der Waals surface area contributed by atoms with Gasteiger partial charge in [0.25, 0.3) is 5.91 Å². The Morgan fingerprint density at radius 1 is 0.829 bits per heavy atom. The molecule has 1 amide bonds. The third-order valence-electron chi connectivity index (χ3n) is 5.72. The summed E-state index contributed by atoms with van der Waals surface area (Å²) in [5.41, 5.74) is 2.77. The Labute approximate surface area is 206 Å². The molecule has 184 valence electrons. The molecule has 1 aliphatic heterocycles. The van der Waals surface area contributed by atoms with Crippen LogP contribution in [0.25, 0.3) is 0 Å². The van der Waals surface area contributed by atoms with Crippen LogP contribution < -0.4 is 14.8 Å². The Bertz CT molecular complexity index is 1250. The molecule has 0 spiro atoms. The predicted molar refractivity (Wildman–Crippen MR) is 136 cm³/mol. The number of sulfonamides is 1. The molecule has 1 fully saturated rings. The van der Waals surface area contributed by atoms with Gasteiger partial charge in [0.1, 0.15) is 17.2 Å². The maximum absolute atomic E-state index is 12.7. The van der Waals surface area contributed by atoms with Crippen molar-refractivity contribution in [2.24, 2.45) is 0 Å². The van der Waals surface area contributed by atoms with Crippen molar-refractivity contribution in [3.8, 4) is 17.2 Å². The highest BCUT2D eigenvalue weighted by Gasteiger charge is 2.25. The minimum atomic E-state index is -3.50. The van der Waals surface area contributed by atoms with Crippen molar-refractivity contribution in [3.05, 3.63) is 77.9 Å². The lowest BCUT2D eigenvalue weighted by molar-refractivity contribution is -0.118. The topological polar surface area (TPSA) is 84.9 Å².